The van der Waals surface area contributed by atoms with Crippen LogP contribution in [0.15, 0.2) is 96.6 Å². The van der Waals surface area contributed by atoms with E-state index < -0.39 is 97.2 Å². The first-order chi connectivity index (χ1) is 31.6. The van der Waals surface area contributed by atoms with Gasteiger partial charge in [0.1, 0.15) is 19.0 Å². The molecule has 2 aromatic carbocycles. The minimum atomic E-state index is -5.02. The van der Waals surface area contributed by atoms with Gasteiger partial charge in [-0.2, -0.15) is 0 Å². The van der Waals surface area contributed by atoms with Gasteiger partial charge in [-0.05, 0) is 73.3 Å². The first-order valence-corrected chi connectivity index (χ1v) is 24.2. The average molecular weight is 941 g/mol. The molecule has 0 unspecified atom stereocenters. The van der Waals surface area contributed by atoms with Crippen molar-refractivity contribution in [1.82, 2.24) is 10.2 Å². The Morgan fingerprint density at radius 1 is 1.01 bits per heavy atom. The van der Waals surface area contributed by atoms with E-state index in [1.807, 2.05) is 25.1 Å². The summed E-state index contributed by atoms with van der Waals surface area (Å²) in [6.07, 6.45) is 7.88. The summed E-state index contributed by atoms with van der Waals surface area (Å²) in [6.45, 7) is 10.1. The lowest BCUT2D eigenvalue weighted by Gasteiger charge is -2.59. The highest BCUT2D eigenvalue weighted by molar-refractivity contribution is 7.46. The number of hydrogen-bond donors (Lipinski definition) is 4. The van der Waals surface area contributed by atoms with Crippen LogP contribution in [0.1, 0.15) is 82.8 Å². The van der Waals surface area contributed by atoms with Gasteiger partial charge in [-0.15, -0.1) is 0 Å². The van der Waals surface area contributed by atoms with E-state index >= 15 is 0 Å². The van der Waals surface area contributed by atoms with Crippen LogP contribution in [0.4, 0.5) is 0 Å². The van der Waals surface area contributed by atoms with E-state index in [2.05, 4.69) is 31.0 Å². The first kappa shape index (κ1) is 48.3. The second-order valence-corrected chi connectivity index (χ2v) is 20.6. The van der Waals surface area contributed by atoms with Gasteiger partial charge in [0.2, 0.25) is 5.91 Å². The molecule has 0 aromatic heterocycles. The van der Waals surface area contributed by atoms with E-state index in [0.29, 0.717) is 23.3 Å². The maximum absolute atomic E-state index is 14.4. The fraction of sp³-hybridized carbons (Fsp3) is 0.480. The summed E-state index contributed by atoms with van der Waals surface area (Å²) < 4.78 is 36.1. The molecule has 67 heavy (non-hydrogen) atoms. The number of fused-ring (bicyclic) bond motifs is 7. The summed E-state index contributed by atoms with van der Waals surface area (Å²) in [5.41, 5.74) is 1.19. The van der Waals surface area contributed by atoms with E-state index in [9.17, 15) is 48.2 Å². The molecule has 2 aliphatic heterocycles. The lowest BCUT2D eigenvalue weighted by atomic mass is 9.46. The number of aliphatic hydroxyl groups excluding tert-OH is 1. The lowest BCUT2D eigenvalue weighted by Crippen LogP contribution is -2.63. The Hall–Kier alpha value is -5.19. The number of rotatable bonds is 17. The summed E-state index contributed by atoms with van der Waals surface area (Å²) in [4.78, 5) is 96.4. The molecule has 0 radical (unpaired) electrons. The van der Waals surface area contributed by atoms with Crippen LogP contribution in [0.25, 0.3) is 0 Å². The minimum absolute atomic E-state index is 0.00383. The first-order valence-electron chi connectivity index (χ1n) is 22.6. The van der Waals surface area contributed by atoms with Crippen LogP contribution < -0.4 is 10.1 Å². The van der Waals surface area contributed by atoms with Crippen molar-refractivity contribution in [2.75, 3.05) is 13.2 Å². The highest BCUT2D eigenvalue weighted by Crippen LogP contribution is 2.70. The predicted molar refractivity (Wildman–Crippen MR) is 240 cm³/mol. The normalized spacial score (nSPS) is 31.6. The van der Waals surface area contributed by atoms with E-state index in [-0.39, 0.29) is 49.4 Å². The molecule has 2 aromatic rings. The molecule has 4 aliphatic carbocycles. The fourth-order valence-corrected chi connectivity index (χ4v) is 12.1. The monoisotopic (exact) mass is 940 g/mol. The van der Waals surface area contributed by atoms with Crippen LogP contribution in [0.2, 0.25) is 0 Å². The van der Waals surface area contributed by atoms with E-state index in [4.69, 9.17) is 18.7 Å². The molecule has 4 fully saturated rings. The highest BCUT2D eigenvalue weighted by Gasteiger charge is 2.76. The molecule has 356 valence electrons. The Morgan fingerprint density at radius 2 is 1.73 bits per heavy atom. The number of nitrogens with zero attached hydrogens (tertiary/aromatic N) is 1. The Morgan fingerprint density at radius 3 is 2.43 bits per heavy atom. The molecular weight excluding hydrogens is 884 g/mol. The molecule has 2 heterocycles. The second-order valence-electron chi connectivity index (χ2n) is 19.4. The van der Waals surface area contributed by atoms with Crippen molar-refractivity contribution in [3.63, 3.8) is 0 Å². The zero-order chi connectivity index (χ0) is 48.2. The van der Waals surface area contributed by atoms with Gasteiger partial charge in [-0.1, -0.05) is 87.5 Å². The molecule has 8 rings (SSSR count). The van der Waals surface area contributed by atoms with Crippen molar-refractivity contribution in [1.29, 1.82) is 0 Å². The second kappa shape index (κ2) is 18.4. The van der Waals surface area contributed by atoms with Crippen molar-refractivity contribution in [3.8, 4) is 5.75 Å². The van der Waals surface area contributed by atoms with Crippen LogP contribution in [0.5, 0.6) is 5.75 Å². The molecule has 3 saturated carbocycles. The van der Waals surface area contributed by atoms with Crippen molar-refractivity contribution >= 4 is 42.9 Å². The van der Waals surface area contributed by atoms with Gasteiger partial charge >= 0.3 is 7.82 Å². The molecule has 0 spiro atoms. The number of hydrogen-bond acceptors (Lipinski definition) is 12. The minimum Gasteiger partial charge on any atom is -0.489 e. The number of ether oxygens (including phenoxy) is 3. The van der Waals surface area contributed by atoms with Crippen molar-refractivity contribution in [2.45, 2.75) is 103 Å². The number of ketones is 3. The molecule has 6 aliphatic rings. The van der Waals surface area contributed by atoms with Gasteiger partial charge in [0.25, 0.3) is 11.8 Å². The molecule has 11 atom stereocenters. The van der Waals surface area contributed by atoms with Gasteiger partial charge in [-0.25, -0.2) is 4.57 Å². The van der Waals surface area contributed by atoms with Crippen molar-refractivity contribution < 1.29 is 67.0 Å². The molecule has 3 amide bonds. The smallest absolute Gasteiger partial charge is 0.470 e. The van der Waals surface area contributed by atoms with Crippen LogP contribution in [-0.4, -0.2) is 91.9 Å². The van der Waals surface area contributed by atoms with Gasteiger partial charge < -0.3 is 34.4 Å². The number of Topliss-reactive ketones (excluding diaryl/α,β-unsaturated/α-hetero) is 3. The molecule has 4 N–H and O–H groups in total. The summed E-state index contributed by atoms with van der Waals surface area (Å²) in [5.74, 6) is -3.56. The maximum atomic E-state index is 14.4. The van der Waals surface area contributed by atoms with E-state index in [1.54, 1.807) is 43.3 Å². The SMILES string of the molecule is C=C1C=C[C@@]2(C)C(=C1)CC[C@@H]1[C@@H]2[C@@H](O)C[C@@]2(C)[C@H]1C[C@H]1O[C@@H](c3ccc(COc4cccc(CC(=O)[C@H](C)NC(=O)[C@H](C)CC(=O)CN5C(=O)C=CC5=O)c4)cc3)O[C@]12C(=O)COP(=O)(O)O. The molecule has 17 heteroatoms. The summed E-state index contributed by atoms with van der Waals surface area (Å²) >= 11 is 0. The third-order valence-electron chi connectivity index (χ3n) is 15.1. The number of carbonyl (C=O) groups excluding carboxylic acids is 6. The Labute approximate surface area is 388 Å². The number of carbonyl (C=O) groups is 6. The standard InChI is InChI=1S/C50H57N2O14P/c1-28-17-18-48(4)34(19-28)13-14-37-38-23-42-50(41(56)27-64-67(60,61)62,49(38,5)24-40(55)45(37)48)66-47(65-42)33-11-9-31(10-12-33)26-63-36-8-6-7-32(21-36)22-39(54)30(3)51-46(59)29(2)20-35(53)25-52-43(57)15-16-44(52)58/h6-12,15-19,21,29-30,37-38,40,42,45,47,55H,1,13-14,20,22-27H2,2-5H3,(H,51,59)(H2,60,61,62)/t29-,30+,37+,38+,40+,42-,45-,47-,48+,49+,50-/m1/s1. The number of nitrogens with one attached hydrogen (secondary N) is 1. The highest BCUT2D eigenvalue weighted by atomic mass is 31.2. The molecular formula is C50H57N2O14P. The van der Waals surface area contributed by atoms with Crippen LogP contribution >= 0.6 is 7.82 Å². The Balaban J connectivity index is 0.888. The predicted octanol–water partition coefficient (Wildman–Crippen LogP) is 5.11. The summed E-state index contributed by atoms with van der Waals surface area (Å²) in [5, 5.41) is 14.7. The molecule has 16 nitrogen and oxygen atoms in total. The van der Waals surface area contributed by atoms with Crippen molar-refractivity contribution in [2.24, 2.45) is 34.5 Å². The third kappa shape index (κ3) is 9.25. The van der Waals surface area contributed by atoms with Crippen LogP contribution in [0, 0.1) is 34.5 Å². The van der Waals surface area contributed by atoms with E-state index in [0.717, 1.165) is 41.0 Å². The number of allylic oxidation sites excluding steroid dienone is 5. The third-order valence-corrected chi connectivity index (χ3v) is 15.6. The fourth-order valence-electron chi connectivity index (χ4n) is 11.8. The summed E-state index contributed by atoms with van der Waals surface area (Å²) in [7, 11) is -5.02. The quantitative estimate of drug-likeness (QED) is 0.119. The summed E-state index contributed by atoms with van der Waals surface area (Å²) in [6, 6.07) is 13.4. The average Bonchev–Trinajstić information content (AvgIpc) is 3.90. The van der Waals surface area contributed by atoms with Crippen LogP contribution in [-0.2, 0) is 60.4 Å². The number of phosphoric acid groups is 1. The van der Waals surface area contributed by atoms with E-state index in [1.165, 1.54) is 12.5 Å². The maximum Gasteiger partial charge on any atom is 0.470 e. The number of benzene rings is 2. The zero-order valence-corrected chi connectivity index (χ0v) is 38.8. The van der Waals surface area contributed by atoms with Gasteiger partial charge in [0, 0.05) is 53.2 Å². The largest absolute Gasteiger partial charge is 0.489 e. The van der Waals surface area contributed by atoms with Gasteiger partial charge in [0.15, 0.2) is 29.2 Å². The molecule has 0 bridgehead atoms. The van der Waals surface area contributed by atoms with Gasteiger partial charge in [0.05, 0.1) is 24.8 Å². The zero-order valence-electron chi connectivity index (χ0n) is 37.9. The van der Waals surface area contributed by atoms with Crippen LogP contribution in [0.3, 0.4) is 0 Å². The van der Waals surface area contributed by atoms with Crippen molar-refractivity contribution in [3.05, 3.63) is 113 Å². The topological polar surface area (TPSA) is 232 Å². The number of imide groups is 1. The molecule has 1 saturated heterocycles. The van der Waals surface area contributed by atoms with Gasteiger partial charge in [-0.3, -0.25) is 38.2 Å². The lowest BCUT2D eigenvalue weighted by molar-refractivity contribution is -0.200. The number of aliphatic hydroxyl groups is 1. The number of phosphoric ester groups is 1. The number of amides is 3. The Kier molecular flexibility index (Phi) is 13.2. The Bertz CT molecular complexity index is 2510.